The van der Waals surface area contributed by atoms with E-state index in [1.807, 2.05) is 6.92 Å². The van der Waals surface area contributed by atoms with Crippen LogP contribution in [0.3, 0.4) is 0 Å². The van der Waals surface area contributed by atoms with Gasteiger partial charge in [-0.15, -0.1) is 0 Å². The molecular weight excluding hydrogens is 432 g/mol. The largest absolute Gasteiger partial charge is 0.458 e. The molecule has 7 fully saturated rings. The minimum atomic E-state index is -0.677. The van der Waals surface area contributed by atoms with Gasteiger partial charge in [-0.2, -0.15) is 0 Å². The standard InChI is InChI=1S/C28H38O6/c1-13-9-20(33-25(31)14(13)2)15(3)17-5-6-18-16-10-23-28(34-23)24(30)21-11-22(29)27(28,12-32-21)19(16)7-8-26(17,18)4/h15-21,23-24,30H,5-12H2,1-4H3/t15-,16-,17+,18-,19-,20+,21-,23+,24-,26+,27-,28-/m0/s1. The number of fused-ring (bicyclic) bond motifs is 5. The first-order valence-corrected chi connectivity index (χ1v) is 13.5. The third-order valence-electron chi connectivity index (χ3n) is 12.2. The molecule has 34 heavy (non-hydrogen) atoms. The normalized spacial score (nSPS) is 56.3. The molecule has 6 heteroatoms. The van der Waals surface area contributed by atoms with E-state index in [9.17, 15) is 14.7 Å². The predicted molar refractivity (Wildman–Crippen MR) is 123 cm³/mol. The van der Waals surface area contributed by atoms with Gasteiger partial charge in [-0.05, 0) is 81.0 Å². The summed E-state index contributed by atoms with van der Waals surface area (Å²) in [4.78, 5) is 26.0. The molecule has 4 heterocycles. The van der Waals surface area contributed by atoms with Gasteiger partial charge in [0.15, 0.2) is 0 Å². The van der Waals surface area contributed by atoms with Gasteiger partial charge in [0.1, 0.15) is 23.6 Å². The molecule has 0 unspecified atom stereocenters. The van der Waals surface area contributed by atoms with Gasteiger partial charge < -0.3 is 19.3 Å². The van der Waals surface area contributed by atoms with Crippen LogP contribution in [0.15, 0.2) is 11.1 Å². The topological polar surface area (TPSA) is 85.4 Å². The predicted octanol–water partition coefficient (Wildman–Crippen LogP) is 3.59. The highest BCUT2D eigenvalue weighted by Crippen LogP contribution is 2.75. The molecule has 8 aliphatic rings. The van der Waals surface area contributed by atoms with Gasteiger partial charge in [0, 0.05) is 18.4 Å². The van der Waals surface area contributed by atoms with Crippen molar-refractivity contribution in [3.63, 3.8) is 0 Å². The lowest BCUT2D eigenvalue weighted by Gasteiger charge is -2.62. The fourth-order valence-corrected chi connectivity index (χ4v) is 10.3. The molecule has 4 saturated carbocycles. The van der Waals surface area contributed by atoms with Crippen LogP contribution in [0.2, 0.25) is 0 Å². The molecule has 2 spiro atoms. The van der Waals surface area contributed by atoms with Crippen LogP contribution in [0.25, 0.3) is 0 Å². The Hall–Kier alpha value is -1.24. The zero-order valence-electron chi connectivity index (χ0n) is 20.8. The van der Waals surface area contributed by atoms with Gasteiger partial charge in [-0.25, -0.2) is 4.79 Å². The third kappa shape index (κ3) is 2.35. The van der Waals surface area contributed by atoms with Gasteiger partial charge in [0.05, 0.1) is 24.2 Å². The Morgan fingerprint density at radius 2 is 1.88 bits per heavy atom. The zero-order chi connectivity index (χ0) is 23.8. The van der Waals surface area contributed by atoms with E-state index in [1.54, 1.807) is 0 Å². The van der Waals surface area contributed by atoms with Crippen LogP contribution in [0.1, 0.15) is 72.6 Å². The van der Waals surface area contributed by atoms with E-state index in [0.29, 0.717) is 36.7 Å². The molecule has 4 aliphatic heterocycles. The molecule has 2 bridgehead atoms. The third-order valence-corrected chi connectivity index (χ3v) is 12.2. The van der Waals surface area contributed by atoms with Crippen molar-refractivity contribution in [2.45, 2.75) is 103 Å². The van der Waals surface area contributed by atoms with Crippen LogP contribution >= 0.6 is 0 Å². The molecule has 0 aromatic heterocycles. The Morgan fingerprint density at radius 3 is 2.62 bits per heavy atom. The van der Waals surface area contributed by atoms with Gasteiger partial charge in [-0.3, -0.25) is 4.79 Å². The number of esters is 1. The Kier molecular flexibility index (Phi) is 4.36. The number of aliphatic hydroxyl groups excluding tert-OH is 1. The summed E-state index contributed by atoms with van der Waals surface area (Å²) >= 11 is 0. The van der Waals surface area contributed by atoms with Crippen LogP contribution in [-0.2, 0) is 23.8 Å². The Bertz CT molecular complexity index is 1000. The SMILES string of the molecule is CC1=C(C)C(=O)O[C@@H]([C@@H](C)[C@H]2CC[C@H]3[C@@H]4C[C@H]5O[C@]56[C@@H](O)[C@@H]5CC(=O)[C@]6(CO5)[C@H]4CC[C@]23C)C1. The second-order valence-electron chi connectivity index (χ2n) is 13.0. The second kappa shape index (κ2) is 6.74. The van der Waals surface area contributed by atoms with E-state index in [1.165, 1.54) is 0 Å². The van der Waals surface area contributed by atoms with Crippen molar-refractivity contribution in [1.82, 2.24) is 0 Å². The number of rotatable bonds is 2. The average Bonchev–Trinajstić information content (AvgIpc) is 3.43. The fraction of sp³-hybridized carbons (Fsp3) is 0.857. The van der Waals surface area contributed by atoms with E-state index in [-0.39, 0.29) is 41.4 Å². The maximum absolute atomic E-state index is 13.6. The lowest BCUT2D eigenvalue weighted by Crippen LogP contribution is -2.74. The number of cyclic esters (lactones) is 1. The molecule has 8 rings (SSSR count). The van der Waals surface area contributed by atoms with E-state index in [4.69, 9.17) is 14.2 Å². The van der Waals surface area contributed by atoms with Crippen molar-refractivity contribution in [3.05, 3.63) is 11.1 Å². The zero-order valence-corrected chi connectivity index (χ0v) is 20.8. The van der Waals surface area contributed by atoms with Crippen LogP contribution in [0, 0.1) is 40.4 Å². The number of carbonyl (C=O) groups excluding carboxylic acids is 2. The summed E-state index contributed by atoms with van der Waals surface area (Å²) in [6, 6.07) is 0. The summed E-state index contributed by atoms with van der Waals surface area (Å²) in [6.07, 6.45) is 5.42. The van der Waals surface area contributed by atoms with Crippen molar-refractivity contribution in [3.8, 4) is 0 Å². The summed E-state index contributed by atoms with van der Waals surface area (Å²) in [6.45, 7) is 9.13. The summed E-state index contributed by atoms with van der Waals surface area (Å²) in [7, 11) is 0. The van der Waals surface area contributed by atoms with E-state index >= 15 is 0 Å². The first-order valence-electron chi connectivity index (χ1n) is 13.5. The van der Waals surface area contributed by atoms with Crippen LogP contribution in [0.4, 0.5) is 0 Å². The Morgan fingerprint density at radius 1 is 1.09 bits per heavy atom. The molecule has 6 nitrogen and oxygen atoms in total. The van der Waals surface area contributed by atoms with Gasteiger partial charge >= 0.3 is 5.97 Å². The summed E-state index contributed by atoms with van der Waals surface area (Å²) in [5.41, 5.74) is 0.777. The molecular formula is C28H38O6. The highest BCUT2D eigenvalue weighted by Gasteiger charge is 2.85. The number of hydrogen-bond acceptors (Lipinski definition) is 6. The minimum Gasteiger partial charge on any atom is -0.458 e. The number of hydrogen-bond donors (Lipinski definition) is 1. The molecule has 12 atom stereocenters. The Balaban J connectivity index is 1.19. The number of ether oxygens (including phenoxy) is 3. The van der Waals surface area contributed by atoms with Crippen LogP contribution in [-0.4, -0.2) is 53.5 Å². The number of aliphatic hydroxyl groups is 1. The maximum Gasteiger partial charge on any atom is 0.333 e. The fourth-order valence-electron chi connectivity index (χ4n) is 10.3. The van der Waals surface area contributed by atoms with Gasteiger partial charge in [0.2, 0.25) is 0 Å². The maximum atomic E-state index is 13.6. The van der Waals surface area contributed by atoms with Crippen molar-refractivity contribution in [2.24, 2.45) is 40.4 Å². The van der Waals surface area contributed by atoms with Crippen molar-refractivity contribution in [1.29, 1.82) is 0 Å². The molecule has 0 aromatic carbocycles. The minimum absolute atomic E-state index is 0.00622. The van der Waals surface area contributed by atoms with Crippen LogP contribution < -0.4 is 0 Å². The molecule has 3 saturated heterocycles. The van der Waals surface area contributed by atoms with Crippen molar-refractivity contribution >= 4 is 11.8 Å². The smallest absolute Gasteiger partial charge is 0.333 e. The first kappa shape index (κ1) is 22.0. The molecule has 0 radical (unpaired) electrons. The monoisotopic (exact) mass is 470 g/mol. The number of ketones is 1. The Labute approximate surface area is 201 Å². The average molecular weight is 471 g/mol. The quantitative estimate of drug-likeness (QED) is 0.490. The van der Waals surface area contributed by atoms with E-state index in [2.05, 4.69) is 20.8 Å². The lowest BCUT2D eigenvalue weighted by molar-refractivity contribution is -0.244. The van der Waals surface area contributed by atoms with Crippen molar-refractivity contribution < 1.29 is 28.9 Å². The number of carbonyl (C=O) groups is 2. The van der Waals surface area contributed by atoms with Crippen molar-refractivity contribution in [2.75, 3.05) is 6.61 Å². The lowest BCUT2D eigenvalue weighted by atomic mass is 9.42. The molecule has 186 valence electrons. The number of epoxide rings is 1. The van der Waals surface area contributed by atoms with E-state index in [0.717, 1.165) is 49.7 Å². The van der Waals surface area contributed by atoms with E-state index < -0.39 is 17.1 Å². The summed E-state index contributed by atoms with van der Waals surface area (Å²) in [5, 5.41) is 11.1. The molecule has 4 aliphatic carbocycles. The first-order chi connectivity index (χ1) is 16.1. The molecule has 1 N–H and O–H groups in total. The number of Topliss-reactive ketones (excluding diaryl/α,β-unsaturated/α-hetero) is 1. The molecule has 0 amide bonds. The van der Waals surface area contributed by atoms with Gasteiger partial charge in [0.25, 0.3) is 0 Å². The van der Waals surface area contributed by atoms with Crippen LogP contribution in [0.5, 0.6) is 0 Å². The highest BCUT2D eigenvalue weighted by atomic mass is 16.6. The second-order valence-corrected chi connectivity index (χ2v) is 13.0. The molecule has 0 aromatic rings. The summed E-state index contributed by atoms with van der Waals surface area (Å²) < 4.78 is 18.3. The highest BCUT2D eigenvalue weighted by molar-refractivity contribution is 5.91. The summed E-state index contributed by atoms with van der Waals surface area (Å²) in [5.74, 6) is 2.16. The van der Waals surface area contributed by atoms with Gasteiger partial charge in [-0.1, -0.05) is 19.4 Å².